The summed E-state index contributed by atoms with van der Waals surface area (Å²) in [7, 11) is 0. The van der Waals surface area contributed by atoms with Gasteiger partial charge in [-0.2, -0.15) is 0 Å². The van der Waals surface area contributed by atoms with Crippen LogP contribution in [-0.4, -0.2) is 57.1 Å². The van der Waals surface area contributed by atoms with Gasteiger partial charge in [-0.05, 0) is 72.6 Å². The first-order valence-electron chi connectivity index (χ1n) is 12.5. The van der Waals surface area contributed by atoms with Crippen molar-refractivity contribution >= 4 is 34.6 Å². The van der Waals surface area contributed by atoms with Crippen LogP contribution < -0.4 is 16.0 Å². The van der Waals surface area contributed by atoms with Gasteiger partial charge in [0.2, 0.25) is 0 Å². The molecule has 0 aliphatic carbocycles. The van der Waals surface area contributed by atoms with Crippen molar-refractivity contribution in [3.05, 3.63) is 36.8 Å². The summed E-state index contributed by atoms with van der Waals surface area (Å²) in [5, 5.41) is 3.75. The number of rotatable bonds is 3. The van der Waals surface area contributed by atoms with Crippen molar-refractivity contribution in [1.29, 1.82) is 0 Å². The zero-order chi connectivity index (χ0) is 27.0. The predicted molar refractivity (Wildman–Crippen MR) is 144 cm³/mol. The van der Waals surface area contributed by atoms with E-state index in [1.165, 1.54) is 4.57 Å². The molecule has 1 amide bonds. The lowest BCUT2D eigenvalue weighted by Crippen LogP contribution is -2.46. The van der Waals surface area contributed by atoms with Crippen LogP contribution in [0.3, 0.4) is 0 Å². The van der Waals surface area contributed by atoms with Crippen LogP contribution >= 0.6 is 0 Å². The van der Waals surface area contributed by atoms with Crippen molar-refractivity contribution in [1.82, 2.24) is 19.9 Å². The lowest BCUT2D eigenvalue weighted by Gasteiger charge is -2.33. The minimum absolute atomic E-state index is 0.0389. The first-order chi connectivity index (χ1) is 17.3. The normalized spacial score (nSPS) is 15.0. The molecule has 0 radical (unpaired) electrons. The highest BCUT2D eigenvalue weighted by Gasteiger charge is 2.26. The molecule has 3 N–H and O–H groups in total. The zero-order valence-electron chi connectivity index (χ0n) is 22.4. The van der Waals surface area contributed by atoms with Gasteiger partial charge in [-0.3, -0.25) is 9.55 Å². The quantitative estimate of drug-likeness (QED) is 0.476. The van der Waals surface area contributed by atoms with E-state index in [4.69, 9.17) is 20.2 Å². The standard InChI is InChI=1S/C27H36N6O4/c1-26(2,3)36-24(34)30-18-9-11-32(12-10-18)23-15-29-14-21(31-23)20-16-33(25(35)37-27(4,5)6)22-8-7-17(28)13-19(20)22/h7-8,13-16,18H,9-12,28H2,1-6H3,(H,30,34). The van der Waals surface area contributed by atoms with Crippen molar-refractivity contribution in [2.24, 2.45) is 0 Å². The Labute approximate surface area is 217 Å². The average Bonchev–Trinajstić information content (AvgIpc) is 3.16. The highest BCUT2D eigenvalue weighted by atomic mass is 16.6. The number of nitrogens with two attached hydrogens (primary N) is 1. The largest absolute Gasteiger partial charge is 0.444 e. The van der Waals surface area contributed by atoms with Crippen molar-refractivity contribution in [2.75, 3.05) is 23.7 Å². The first kappa shape index (κ1) is 26.2. The minimum atomic E-state index is -0.633. The number of nitrogens with zero attached hydrogens (tertiary/aromatic N) is 4. The molecular weight excluding hydrogens is 472 g/mol. The molecule has 0 atom stereocenters. The Hall–Kier alpha value is -3.82. The topological polar surface area (TPSA) is 125 Å². The van der Waals surface area contributed by atoms with E-state index in [1.54, 1.807) is 30.7 Å². The van der Waals surface area contributed by atoms with Crippen LogP contribution in [0, 0.1) is 0 Å². The van der Waals surface area contributed by atoms with Gasteiger partial charge in [-0.15, -0.1) is 0 Å². The molecule has 10 heteroatoms. The van der Waals surface area contributed by atoms with E-state index < -0.39 is 23.4 Å². The second kappa shape index (κ2) is 9.91. The molecule has 10 nitrogen and oxygen atoms in total. The molecule has 0 spiro atoms. The summed E-state index contributed by atoms with van der Waals surface area (Å²) < 4.78 is 12.5. The number of amides is 1. The number of alkyl carbamates (subject to hydrolysis) is 1. The Morgan fingerprint density at radius 1 is 1.03 bits per heavy atom. The molecule has 37 heavy (non-hydrogen) atoms. The van der Waals surface area contributed by atoms with Gasteiger partial charge in [0.15, 0.2) is 0 Å². The molecule has 1 aliphatic rings. The fourth-order valence-electron chi connectivity index (χ4n) is 4.28. The fraction of sp³-hybridized carbons (Fsp3) is 0.481. The number of aromatic nitrogens is 3. The SMILES string of the molecule is CC(C)(C)OC(=O)NC1CCN(c2cncc(-c3cn(C(=O)OC(C)(C)C)c4ccc(N)cc34)n2)CC1. The summed E-state index contributed by atoms with van der Waals surface area (Å²) in [5.74, 6) is 0.732. The van der Waals surface area contributed by atoms with Crippen LogP contribution in [0.5, 0.6) is 0 Å². The minimum Gasteiger partial charge on any atom is -0.444 e. The van der Waals surface area contributed by atoms with Crippen LogP contribution in [-0.2, 0) is 9.47 Å². The maximum absolute atomic E-state index is 12.9. The van der Waals surface area contributed by atoms with E-state index in [9.17, 15) is 9.59 Å². The van der Waals surface area contributed by atoms with Gasteiger partial charge in [0, 0.05) is 42.0 Å². The molecule has 0 bridgehead atoms. The maximum atomic E-state index is 12.9. The molecule has 3 aromatic rings. The van der Waals surface area contributed by atoms with E-state index in [-0.39, 0.29) is 6.04 Å². The van der Waals surface area contributed by atoms with Gasteiger partial charge in [-0.25, -0.2) is 14.6 Å². The number of anilines is 2. The second-order valence-electron chi connectivity index (χ2n) is 11.3. The maximum Gasteiger partial charge on any atom is 0.419 e. The number of carbonyl (C=O) groups excluding carboxylic acids is 2. The molecule has 198 valence electrons. The van der Waals surface area contributed by atoms with Crippen LogP contribution in [0.15, 0.2) is 36.8 Å². The van der Waals surface area contributed by atoms with E-state index >= 15 is 0 Å². The van der Waals surface area contributed by atoms with E-state index in [1.807, 2.05) is 47.6 Å². The number of fused-ring (bicyclic) bond motifs is 1. The highest BCUT2D eigenvalue weighted by Crippen LogP contribution is 2.32. The predicted octanol–water partition coefficient (Wildman–Crippen LogP) is 4.96. The second-order valence-corrected chi connectivity index (χ2v) is 11.3. The van der Waals surface area contributed by atoms with E-state index in [0.717, 1.165) is 29.6 Å². The van der Waals surface area contributed by atoms with E-state index in [0.29, 0.717) is 30.0 Å². The van der Waals surface area contributed by atoms with Crippen molar-refractivity contribution in [3.63, 3.8) is 0 Å². The molecule has 1 saturated heterocycles. The summed E-state index contributed by atoms with van der Waals surface area (Å²) in [5.41, 5.74) is 7.55. The van der Waals surface area contributed by atoms with Crippen LogP contribution in [0.4, 0.5) is 21.1 Å². The Kier molecular flexibility index (Phi) is 7.03. The van der Waals surface area contributed by atoms with Crippen LogP contribution in [0.25, 0.3) is 22.2 Å². The Morgan fingerprint density at radius 3 is 2.35 bits per heavy atom. The smallest absolute Gasteiger partial charge is 0.419 e. The number of ether oxygens (including phenoxy) is 2. The van der Waals surface area contributed by atoms with Gasteiger partial charge in [-0.1, -0.05) is 0 Å². The van der Waals surface area contributed by atoms with Crippen LogP contribution in [0.1, 0.15) is 54.4 Å². The fourth-order valence-corrected chi connectivity index (χ4v) is 4.28. The number of nitrogens with one attached hydrogen (secondary N) is 1. The lowest BCUT2D eigenvalue weighted by molar-refractivity contribution is 0.0494. The average molecular weight is 509 g/mol. The molecule has 0 unspecified atom stereocenters. The molecule has 1 aliphatic heterocycles. The number of nitrogen functional groups attached to an aromatic ring is 1. The summed E-state index contributed by atoms with van der Waals surface area (Å²) in [6, 6.07) is 5.42. The first-order valence-corrected chi connectivity index (χ1v) is 12.5. The molecule has 1 fully saturated rings. The monoisotopic (exact) mass is 508 g/mol. The van der Waals surface area contributed by atoms with Gasteiger partial charge in [0.1, 0.15) is 17.0 Å². The summed E-state index contributed by atoms with van der Waals surface area (Å²) in [6.07, 6.45) is 5.79. The number of carbonyl (C=O) groups is 2. The summed E-state index contributed by atoms with van der Waals surface area (Å²) in [4.78, 5) is 36.5. The molecular formula is C27H36N6O4. The number of hydrogen-bond donors (Lipinski definition) is 2. The molecule has 3 heterocycles. The molecule has 2 aromatic heterocycles. The van der Waals surface area contributed by atoms with E-state index in [2.05, 4.69) is 15.2 Å². The third-order valence-electron chi connectivity index (χ3n) is 5.86. The van der Waals surface area contributed by atoms with Gasteiger partial charge >= 0.3 is 12.2 Å². The Bertz CT molecular complexity index is 1300. The van der Waals surface area contributed by atoms with Gasteiger partial charge in [0.05, 0.1) is 23.6 Å². The zero-order valence-corrected chi connectivity index (χ0v) is 22.4. The van der Waals surface area contributed by atoms with Crippen molar-refractivity contribution < 1.29 is 19.1 Å². The third-order valence-corrected chi connectivity index (χ3v) is 5.86. The Balaban J connectivity index is 1.55. The summed E-state index contributed by atoms with van der Waals surface area (Å²) >= 11 is 0. The Morgan fingerprint density at radius 2 is 1.70 bits per heavy atom. The molecule has 1 aromatic carbocycles. The lowest BCUT2D eigenvalue weighted by atomic mass is 10.1. The number of piperidine rings is 1. The number of benzene rings is 1. The van der Waals surface area contributed by atoms with Gasteiger partial charge in [0.25, 0.3) is 0 Å². The third kappa shape index (κ3) is 6.49. The van der Waals surface area contributed by atoms with Crippen molar-refractivity contribution in [2.45, 2.75) is 71.6 Å². The van der Waals surface area contributed by atoms with Crippen LogP contribution in [0.2, 0.25) is 0 Å². The molecule has 0 saturated carbocycles. The van der Waals surface area contributed by atoms with Crippen molar-refractivity contribution in [3.8, 4) is 11.3 Å². The highest BCUT2D eigenvalue weighted by molar-refractivity contribution is 6.01. The molecule has 4 rings (SSSR count). The van der Waals surface area contributed by atoms with Gasteiger partial charge < -0.3 is 25.4 Å². The summed E-state index contributed by atoms with van der Waals surface area (Å²) in [6.45, 7) is 12.5. The number of hydrogen-bond acceptors (Lipinski definition) is 8.